The van der Waals surface area contributed by atoms with Crippen LogP contribution in [0, 0.1) is 5.82 Å². The average Bonchev–Trinajstić information content (AvgIpc) is 2.29. The van der Waals surface area contributed by atoms with Crippen LogP contribution in [-0.2, 0) is 10.0 Å². The highest BCUT2D eigenvalue weighted by Gasteiger charge is 2.21. The van der Waals surface area contributed by atoms with E-state index in [1.54, 1.807) is 0 Å². The molecule has 0 saturated heterocycles. The van der Waals surface area contributed by atoms with Gasteiger partial charge in [-0.2, -0.15) is 0 Å². The highest BCUT2D eigenvalue weighted by Crippen LogP contribution is 2.20. The lowest BCUT2D eigenvalue weighted by molar-refractivity contribution is 0.520. The average molecular weight is 324 g/mol. The number of hydrogen-bond donors (Lipinski definition) is 1. The molecule has 17 heavy (non-hydrogen) atoms. The van der Waals surface area contributed by atoms with Crippen molar-refractivity contribution in [1.29, 1.82) is 0 Å². The fraction of sp³-hybridized carbons (Fsp3) is 0.455. The summed E-state index contributed by atoms with van der Waals surface area (Å²) < 4.78 is 40.4. The van der Waals surface area contributed by atoms with Crippen molar-refractivity contribution in [2.75, 3.05) is 0 Å². The molecule has 0 saturated carbocycles. The summed E-state index contributed by atoms with van der Waals surface area (Å²) >= 11 is 3.13. The molecule has 0 aliphatic heterocycles. The van der Waals surface area contributed by atoms with Crippen LogP contribution in [0.1, 0.15) is 26.7 Å². The Morgan fingerprint density at radius 1 is 1.35 bits per heavy atom. The summed E-state index contributed by atoms with van der Waals surface area (Å²) in [5.41, 5.74) is 0. The zero-order valence-corrected chi connectivity index (χ0v) is 12.1. The smallest absolute Gasteiger partial charge is 0.208 e. The van der Waals surface area contributed by atoms with Crippen LogP contribution in [0.2, 0.25) is 0 Å². The molecule has 96 valence electrons. The predicted molar refractivity (Wildman–Crippen MR) is 68.8 cm³/mol. The first-order valence-corrected chi connectivity index (χ1v) is 7.65. The molecule has 0 radical (unpaired) electrons. The molecule has 0 bridgehead atoms. The first-order chi connectivity index (χ1) is 7.90. The first kappa shape index (κ1) is 14.6. The van der Waals surface area contributed by atoms with Crippen molar-refractivity contribution in [3.8, 4) is 0 Å². The van der Waals surface area contributed by atoms with Gasteiger partial charge in [-0.15, -0.1) is 0 Å². The van der Waals surface area contributed by atoms with Crippen LogP contribution in [0.25, 0.3) is 0 Å². The van der Waals surface area contributed by atoms with Crippen LogP contribution >= 0.6 is 15.9 Å². The second kappa shape index (κ2) is 5.93. The Labute approximate surface area is 110 Å². The third-order valence-corrected chi connectivity index (χ3v) is 4.52. The zero-order valence-electron chi connectivity index (χ0n) is 9.70. The lowest BCUT2D eigenvalue weighted by Gasteiger charge is -2.15. The van der Waals surface area contributed by atoms with Gasteiger partial charge in [0.25, 0.3) is 0 Å². The summed E-state index contributed by atoms with van der Waals surface area (Å²) in [5.74, 6) is -0.744. The Hall–Kier alpha value is -0.460. The van der Waals surface area contributed by atoms with Crippen LogP contribution in [0.15, 0.2) is 27.6 Å². The van der Waals surface area contributed by atoms with Gasteiger partial charge in [0.15, 0.2) is 0 Å². The summed E-state index contributed by atoms with van der Waals surface area (Å²) in [6.07, 6.45) is 1.34. The maximum atomic E-state index is 13.5. The minimum absolute atomic E-state index is 0.168. The second-order valence-electron chi connectivity index (χ2n) is 3.71. The molecule has 1 rings (SSSR count). The van der Waals surface area contributed by atoms with E-state index >= 15 is 0 Å². The summed E-state index contributed by atoms with van der Waals surface area (Å²) in [5, 5.41) is 0. The van der Waals surface area contributed by atoms with Gasteiger partial charge in [-0.05, 0) is 31.0 Å². The largest absolute Gasteiger partial charge is 0.243 e. The van der Waals surface area contributed by atoms with E-state index < -0.39 is 15.8 Å². The van der Waals surface area contributed by atoms with Crippen molar-refractivity contribution in [2.45, 2.75) is 37.6 Å². The molecule has 6 heteroatoms. The van der Waals surface area contributed by atoms with Gasteiger partial charge in [0.1, 0.15) is 10.7 Å². The number of halogens is 2. The maximum Gasteiger partial charge on any atom is 0.243 e. The molecular formula is C11H15BrFNO2S. The quantitative estimate of drug-likeness (QED) is 0.905. The van der Waals surface area contributed by atoms with Crippen molar-refractivity contribution in [3.05, 3.63) is 28.5 Å². The van der Waals surface area contributed by atoms with Gasteiger partial charge in [-0.25, -0.2) is 17.5 Å². The molecular weight excluding hydrogens is 309 g/mol. The van der Waals surface area contributed by atoms with Crippen molar-refractivity contribution in [1.82, 2.24) is 4.72 Å². The van der Waals surface area contributed by atoms with Crippen LogP contribution in [0.4, 0.5) is 4.39 Å². The van der Waals surface area contributed by atoms with E-state index in [9.17, 15) is 12.8 Å². The van der Waals surface area contributed by atoms with E-state index in [0.717, 1.165) is 6.07 Å². The molecule has 0 fully saturated rings. The molecule has 0 aromatic heterocycles. The van der Waals surface area contributed by atoms with Gasteiger partial charge in [0, 0.05) is 10.5 Å². The highest BCUT2D eigenvalue weighted by molar-refractivity contribution is 9.10. The number of benzene rings is 1. The summed E-state index contributed by atoms with van der Waals surface area (Å²) in [6, 6.07) is 3.69. The molecule has 0 unspecified atom stereocenters. The van der Waals surface area contributed by atoms with Gasteiger partial charge in [-0.3, -0.25) is 0 Å². The zero-order chi connectivity index (χ0) is 13.1. The lowest BCUT2D eigenvalue weighted by atomic mass is 10.2. The summed E-state index contributed by atoms with van der Waals surface area (Å²) in [7, 11) is -3.79. The monoisotopic (exact) mass is 323 g/mol. The number of nitrogens with one attached hydrogen (secondary N) is 1. The third-order valence-electron chi connectivity index (χ3n) is 2.49. The molecule has 0 aliphatic carbocycles. The minimum atomic E-state index is -3.79. The van der Waals surface area contributed by atoms with Crippen LogP contribution in [0.5, 0.6) is 0 Å². The van der Waals surface area contributed by atoms with E-state index in [1.807, 2.05) is 13.8 Å². The van der Waals surface area contributed by atoms with Gasteiger partial charge in [0.05, 0.1) is 0 Å². The van der Waals surface area contributed by atoms with Crippen molar-refractivity contribution in [2.24, 2.45) is 0 Å². The Morgan fingerprint density at radius 3 is 2.47 bits per heavy atom. The number of rotatable bonds is 5. The van der Waals surface area contributed by atoms with Gasteiger partial charge < -0.3 is 0 Å². The fourth-order valence-electron chi connectivity index (χ4n) is 1.42. The molecule has 0 atom stereocenters. The van der Waals surface area contributed by atoms with E-state index in [0.29, 0.717) is 17.3 Å². The molecule has 1 aromatic rings. The fourth-order valence-corrected chi connectivity index (χ4v) is 3.44. The number of sulfonamides is 1. The minimum Gasteiger partial charge on any atom is -0.208 e. The highest BCUT2D eigenvalue weighted by atomic mass is 79.9. The Bertz CT molecular complexity index is 486. The Balaban J connectivity index is 3.09. The van der Waals surface area contributed by atoms with Crippen LogP contribution in [0.3, 0.4) is 0 Å². The van der Waals surface area contributed by atoms with Crippen LogP contribution in [-0.4, -0.2) is 14.5 Å². The van der Waals surface area contributed by atoms with Gasteiger partial charge >= 0.3 is 0 Å². The van der Waals surface area contributed by atoms with E-state index in [1.165, 1.54) is 12.1 Å². The molecule has 0 spiro atoms. The van der Waals surface area contributed by atoms with Crippen molar-refractivity contribution >= 4 is 26.0 Å². The van der Waals surface area contributed by atoms with Gasteiger partial charge in [-0.1, -0.05) is 29.8 Å². The third kappa shape index (κ3) is 3.76. The predicted octanol–water partition coefficient (Wildman–Crippen LogP) is 3.06. The van der Waals surface area contributed by atoms with E-state index in [2.05, 4.69) is 20.7 Å². The second-order valence-corrected chi connectivity index (χ2v) is 6.31. The molecule has 0 aliphatic rings. The molecule has 0 heterocycles. The van der Waals surface area contributed by atoms with Crippen LogP contribution < -0.4 is 4.72 Å². The summed E-state index contributed by atoms with van der Waals surface area (Å²) in [4.78, 5) is -0.321. The Morgan fingerprint density at radius 2 is 1.94 bits per heavy atom. The maximum absolute atomic E-state index is 13.5. The number of hydrogen-bond acceptors (Lipinski definition) is 2. The normalized spacial score (nSPS) is 12.1. The Kier molecular flexibility index (Phi) is 5.09. The van der Waals surface area contributed by atoms with Crippen molar-refractivity contribution < 1.29 is 12.8 Å². The standard InChI is InChI=1S/C11H15BrFNO2S/c1-3-9(4-2)14-17(15,16)11-7-8(12)5-6-10(11)13/h5-7,9,14H,3-4H2,1-2H3. The van der Waals surface area contributed by atoms with Crippen molar-refractivity contribution in [3.63, 3.8) is 0 Å². The molecule has 1 N–H and O–H groups in total. The molecule has 3 nitrogen and oxygen atoms in total. The van der Waals surface area contributed by atoms with E-state index in [-0.39, 0.29) is 10.9 Å². The lowest BCUT2D eigenvalue weighted by Crippen LogP contribution is -2.34. The van der Waals surface area contributed by atoms with E-state index in [4.69, 9.17) is 0 Å². The first-order valence-electron chi connectivity index (χ1n) is 5.38. The summed E-state index contributed by atoms with van der Waals surface area (Å²) in [6.45, 7) is 3.77. The molecule has 0 amide bonds. The van der Waals surface area contributed by atoms with Gasteiger partial charge in [0.2, 0.25) is 10.0 Å². The molecule has 1 aromatic carbocycles. The SMILES string of the molecule is CCC(CC)NS(=O)(=O)c1cc(Br)ccc1F. The topological polar surface area (TPSA) is 46.2 Å².